The average molecular weight is 314 g/mol. The van der Waals surface area contributed by atoms with Crippen molar-refractivity contribution in [3.8, 4) is 0 Å². The second-order valence-electron chi connectivity index (χ2n) is 5.60. The molecule has 0 heterocycles. The van der Waals surface area contributed by atoms with Crippen molar-refractivity contribution in [3.63, 3.8) is 0 Å². The summed E-state index contributed by atoms with van der Waals surface area (Å²) in [5.41, 5.74) is 2.02. The van der Waals surface area contributed by atoms with Crippen molar-refractivity contribution in [1.29, 1.82) is 0 Å². The van der Waals surface area contributed by atoms with E-state index >= 15 is 0 Å². The van der Waals surface area contributed by atoms with Crippen molar-refractivity contribution in [3.05, 3.63) is 28.0 Å². The van der Waals surface area contributed by atoms with Crippen LogP contribution in [0.1, 0.15) is 38.7 Å². The molecule has 3 unspecified atom stereocenters. The largest absolute Gasteiger partial charge is 0.382 e. The molecule has 1 N–H and O–H groups in total. The molecule has 0 saturated heterocycles. The Kier molecular flexibility index (Phi) is 4.31. The maximum absolute atomic E-state index is 13.6. The Morgan fingerprint density at radius 1 is 1.28 bits per heavy atom. The lowest BCUT2D eigenvalue weighted by Crippen LogP contribution is -2.35. The fourth-order valence-corrected chi connectivity index (χ4v) is 3.25. The van der Waals surface area contributed by atoms with Gasteiger partial charge in [0.2, 0.25) is 0 Å². The van der Waals surface area contributed by atoms with Crippen molar-refractivity contribution >= 4 is 21.6 Å². The van der Waals surface area contributed by atoms with Crippen LogP contribution in [0, 0.1) is 24.6 Å². The molecule has 0 aliphatic heterocycles. The van der Waals surface area contributed by atoms with Gasteiger partial charge in [-0.15, -0.1) is 0 Å². The topological polar surface area (TPSA) is 12.0 Å². The fourth-order valence-electron chi connectivity index (χ4n) is 2.79. The van der Waals surface area contributed by atoms with Gasteiger partial charge in [0.15, 0.2) is 0 Å². The van der Waals surface area contributed by atoms with Gasteiger partial charge in [-0.2, -0.15) is 0 Å². The molecule has 1 aliphatic carbocycles. The van der Waals surface area contributed by atoms with Crippen LogP contribution in [0.15, 0.2) is 16.6 Å². The van der Waals surface area contributed by atoms with Crippen molar-refractivity contribution in [2.45, 2.75) is 46.1 Å². The highest BCUT2D eigenvalue weighted by atomic mass is 79.9. The van der Waals surface area contributed by atoms with E-state index in [1.54, 1.807) is 6.07 Å². The third kappa shape index (κ3) is 2.87. The Morgan fingerprint density at radius 3 is 2.72 bits per heavy atom. The molecule has 3 atom stereocenters. The van der Waals surface area contributed by atoms with E-state index in [-0.39, 0.29) is 5.82 Å². The molecule has 0 amide bonds. The number of rotatable bonds is 2. The zero-order chi connectivity index (χ0) is 13.3. The molecule has 1 aliphatic rings. The van der Waals surface area contributed by atoms with Crippen molar-refractivity contribution in [2.24, 2.45) is 11.8 Å². The predicted octanol–water partition coefficient (Wildman–Crippen LogP) is 5.13. The molecule has 1 aromatic carbocycles. The maximum Gasteiger partial charge on any atom is 0.139 e. The minimum absolute atomic E-state index is 0.195. The van der Waals surface area contributed by atoms with Gasteiger partial charge in [-0.05, 0) is 58.8 Å². The number of benzene rings is 1. The Balaban J connectivity index is 2.16. The highest BCUT2D eigenvalue weighted by molar-refractivity contribution is 9.10. The molecular weight excluding hydrogens is 293 g/mol. The summed E-state index contributed by atoms with van der Waals surface area (Å²) in [5, 5.41) is 3.54. The number of anilines is 1. The molecule has 0 bridgehead atoms. The standard InChI is InChI=1S/C15H21BrFN/c1-9-5-4-6-14(11(9)3)18-15-8-13(17)12(16)7-10(15)2/h7-9,11,14,18H,4-6H2,1-3H3. The van der Waals surface area contributed by atoms with Crippen molar-refractivity contribution in [1.82, 2.24) is 0 Å². The monoisotopic (exact) mass is 313 g/mol. The molecule has 1 aromatic rings. The van der Waals surface area contributed by atoms with Crippen LogP contribution in [0.4, 0.5) is 10.1 Å². The first kappa shape index (κ1) is 13.9. The van der Waals surface area contributed by atoms with Gasteiger partial charge in [0.05, 0.1) is 4.47 Å². The van der Waals surface area contributed by atoms with Crippen molar-refractivity contribution < 1.29 is 4.39 Å². The van der Waals surface area contributed by atoms with Gasteiger partial charge in [-0.1, -0.05) is 26.7 Å². The lowest BCUT2D eigenvalue weighted by Gasteiger charge is -2.35. The molecule has 100 valence electrons. The van der Waals surface area contributed by atoms with Gasteiger partial charge in [-0.25, -0.2) is 4.39 Å². The van der Waals surface area contributed by atoms with Gasteiger partial charge in [0.25, 0.3) is 0 Å². The molecule has 1 saturated carbocycles. The van der Waals surface area contributed by atoms with Crippen LogP contribution in [0.25, 0.3) is 0 Å². The summed E-state index contributed by atoms with van der Waals surface area (Å²) in [7, 11) is 0. The molecule has 0 aromatic heterocycles. The minimum Gasteiger partial charge on any atom is -0.382 e. The molecule has 1 nitrogen and oxygen atoms in total. The zero-order valence-electron chi connectivity index (χ0n) is 11.3. The first-order valence-electron chi connectivity index (χ1n) is 6.71. The SMILES string of the molecule is Cc1cc(Br)c(F)cc1NC1CCCC(C)C1C. The fraction of sp³-hybridized carbons (Fsp3) is 0.600. The highest BCUT2D eigenvalue weighted by Gasteiger charge is 2.27. The van der Waals surface area contributed by atoms with Crippen LogP contribution < -0.4 is 5.32 Å². The first-order chi connectivity index (χ1) is 8.49. The Morgan fingerprint density at radius 2 is 2.00 bits per heavy atom. The van der Waals surface area contributed by atoms with E-state index in [1.165, 1.54) is 19.3 Å². The third-order valence-corrected chi connectivity index (χ3v) is 4.92. The predicted molar refractivity (Wildman–Crippen MR) is 78.4 cm³/mol. The summed E-state index contributed by atoms with van der Waals surface area (Å²) in [5.74, 6) is 1.20. The van der Waals surface area contributed by atoms with Crippen molar-refractivity contribution in [2.75, 3.05) is 5.32 Å². The van der Waals surface area contributed by atoms with Crippen LogP contribution in [-0.2, 0) is 0 Å². The summed E-state index contributed by atoms with van der Waals surface area (Å²) < 4.78 is 14.1. The molecule has 1 fully saturated rings. The summed E-state index contributed by atoms with van der Waals surface area (Å²) in [6.07, 6.45) is 3.76. The Labute approximate surface area is 117 Å². The summed E-state index contributed by atoms with van der Waals surface area (Å²) >= 11 is 3.22. The van der Waals surface area contributed by atoms with E-state index in [2.05, 4.69) is 35.1 Å². The second-order valence-corrected chi connectivity index (χ2v) is 6.45. The smallest absolute Gasteiger partial charge is 0.139 e. The van der Waals surface area contributed by atoms with Gasteiger partial charge in [0.1, 0.15) is 5.82 Å². The zero-order valence-corrected chi connectivity index (χ0v) is 12.8. The average Bonchev–Trinajstić information content (AvgIpc) is 2.32. The molecular formula is C15H21BrFN. The summed E-state index contributed by atoms with van der Waals surface area (Å²) in [6.45, 7) is 6.63. The lowest BCUT2D eigenvalue weighted by atomic mass is 9.78. The summed E-state index contributed by atoms with van der Waals surface area (Å²) in [6, 6.07) is 3.91. The molecule has 0 spiro atoms. The third-order valence-electron chi connectivity index (χ3n) is 4.32. The number of nitrogens with one attached hydrogen (secondary N) is 1. The van der Waals surface area contributed by atoms with Gasteiger partial charge in [-0.3, -0.25) is 0 Å². The minimum atomic E-state index is -0.195. The Bertz CT molecular complexity index is 433. The highest BCUT2D eigenvalue weighted by Crippen LogP contribution is 2.33. The van der Waals surface area contributed by atoms with Gasteiger partial charge >= 0.3 is 0 Å². The number of hydrogen-bond donors (Lipinski definition) is 1. The molecule has 18 heavy (non-hydrogen) atoms. The lowest BCUT2D eigenvalue weighted by molar-refractivity contribution is 0.253. The van der Waals surface area contributed by atoms with E-state index in [0.717, 1.165) is 17.2 Å². The molecule has 2 rings (SSSR count). The van der Waals surface area contributed by atoms with Gasteiger partial charge in [0, 0.05) is 11.7 Å². The number of aryl methyl sites for hydroxylation is 1. The van der Waals surface area contributed by atoms with Gasteiger partial charge < -0.3 is 5.32 Å². The van der Waals surface area contributed by atoms with E-state index in [4.69, 9.17) is 0 Å². The van der Waals surface area contributed by atoms with E-state index < -0.39 is 0 Å². The maximum atomic E-state index is 13.6. The quantitative estimate of drug-likeness (QED) is 0.797. The van der Waals surface area contributed by atoms with Crippen LogP contribution in [0.3, 0.4) is 0 Å². The normalized spacial score (nSPS) is 28.2. The molecule has 3 heteroatoms. The van der Waals surface area contributed by atoms with E-state index in [9.17, 15) is 4.39 Å². The van der Waals surface area contributed by atoms with Crippen LogP contribution in [-0.4, -0.2) is 6.04 Å². The van der Waals surface area contributed by atoms with E-state index in [0.29, 0.717) is 16.4 Å². The van der Waals surface area contributed by atoms with E-state index in [1.807, 2.05) is 13.0 Å². The summed E-state index contributed by atoms with van der Waals surface area (Å²) in [4.78, 5) is 0. The first-order valence-corrected chi connectivity index (χ1v) is 7.50. The number of halogens is 2. The number of hydrogen-bond acceptors (Lipinski definition) is 1. The van der Waals surface area contributed by atoms with Crippen LogP contribution >= 0.6 is 15.9 Å². The second kappa shape index (κ2) is 5.60. The Hall–Kier alpha value is -0.570. The van der Waals surface area contributed by atoms with Crippen LogP contribution in [0.5, 0.6) is 0 Å². The molecule has 0 radical (unpaired) electrons. The van der Waals surface area contributed by atoms with Crippen LogP contribution in [0.2, 0.25) is 0 Å².